The van der Waals surface area contributed by atoms with Crippen LogP contribution >= 0.6 is 11.8 Å². The number of alkyl halides is 3. The molecule has 0 bridgehead atoms. The van der Waals surface area contributed by atoms with Gasteiger partial charge in [0, 0.05) is 25.6 Å². The van der Waals surface area contributed by atoms with Gasteiger partial charge in [0.15, 0.2) is 0 Å². The minimum atomic E-state index is -4.90. The Balaban J connectivity index is 1.49. The minimum absolute atomic E-state index is 0.133. The average Bonchev–Trinajstić information content (AvgIpc) is 3.13. The fraction of sp³-hybridized carbons (Fsp3) is 0.407. The molecule has 0 aromatic heterocycles. The Labute approximate surface area is 221 Å². The summed E-state index contributed by atoms with van der Waals surface area (Å²) in [6.45, 7) is 0.255. The number of halogens is 5. The van der Waals surface area contributed by atoms with E-state index in [9.17, 15) is 31.5 Å². The van der Waals surface area contributed by atoms with Gasteiger partial charge >= 0.3 is 6.36 Å². The van der Waals surface area contributed by atoms with Gasteiger partial charge in [0.05, 0.1) is 5.25 Å². The fourth-order valence-electron chi connectivity index (χ4n) is 4.64. The smallest absolute Gasteiger partial charge is 0.406 e. The first-order valence-electron chi connectivity index (χ1n) is 12.3. The van der Waals surface area contributed by atoms with Crippen LogP contribution in [0.3, 0.4) is 0 Å². The highest BCUT2D eigenvalue weighted by molar-refractivity contribution is 8.01. The zero-order valence-corrected chi connectivity index (χ0v) is 21.2. The maximum absolute atomic E-state index is 13.8. The molecular formula is C27H27F5N2O3S. The molecule has 2 unspecified atom stereocenters. The molecule has 1 saturated heterocycles. The van der Waals surface area contributed by atoms with Gasteiger partial charge in [-0.3, -0.25) is 9.59 Å². The number of nitrogens with zero attached hydrogens (tertiary/aromatic N) is 1. The van der Waals surface area contributed by atoms with Crippen molar-refractivity contribution in [3.63, 3.8) is 0 Å². The molecule has 5 nitrogen and oxygen atoms in total. The molecule has 204 valence electrons. The van der Waals surface area contributed by atoms with E-state index in [2.05, 4.69) is 16.1 Å². The highest BCUT2D eigenvalue weighted by Crippen LogP contribution is 2.46. The Hall–Kier alpha value is -3.08. The molecule has 2 atom stereocenters. The molecule has 2 aromatic carbocycles. The lowest BCUT2D eigenvalue weighted by molar-refractivity contribution is -0.274. The molecule has 1 aliphatic heterocycles. The molecule has 1 N–H and O–H groups in total. The molecule has 11 heteroatoms. The molecular weight excluding hydrogens is 527 g/mol. The Morgan fingerprint density at radius 3 is 2.55 bits per heavy atom. The van der Waals surface area contributed by atoms with E-state index < -0.39 is 40.3 Å². The van der Waals surface area contributed by atoms with E-state index in [1.807, 2.05) is 0 Å². The van der Waals surface area contributed by atoms with Crippen LogP contribution < -0.4 is 10.1 Å². The van der Waals surface area contributed by atoms with Crippen molar-refractivity contribution in [2.45, 2.75) is 62.1 Å². The lowest BCUT2D eigenvalue weighted by atomic mass is 9.97. The third-order valence-electron chi connectivity index (χ3n) is 6.31. The van der Waals surface area contributed by atoms with Crippen molar-refractivity contribution < 1.29 is 36.3 Å². The van der Waals surface area contributed by atoms with Gasteiger partial charge in [-0.15, -0.1) is 24.9 Å². The van der Waals surface area contributed by atoms with Crippen LogP contribution in [-0.2, 0) is 16.1 Å². The third kappa shape index (κ3) is 7.72. The Morgan fingerprint density at radius 2 is 1.87 bits per heavy atom. The summed E-state index contributed by atoms with van der Waals surface area (Å²) in [4.78, 5) is 27.3. The SMILES string of the molecule is O=C(CC1SC(c2cccc(OC(F)(F)F)c2)N(Cc2cc(F)cc(F)c2)C1=O)NCCC1=CCCCC1. The maximum Gasteiger partial charge on any atom is 0.573 e. The first-order valence-corrected chi connectivity index (χ1v) is 13.2. The van der Waals surface area contributed by atoms with Gasteiger partial charge in [-0.05, 0) is 67.5 Å². The summed E-state index contributed by atoms with van der Waals surface area (Å²) in [5.41, 5.74) is 1.81. The van der Waals surface area contributed by atoms with Crippen molar-refractivity contribution in [3.05, 3.63) is 76.9 Å². The van der Waals surface area contributed by atoms with E-state index in [4.69, 9.17) is 0 Å². The first kappa shape index (κ1) is 27.9. The van der Waals surface area contributed by atoms with E-state index in [0.717, 1.165) is 61.7 Å². The summed E-state index contributed by atoms with van der Waals surface area (Å²) >= 11 is 1.10. The van der Waals surface area contributed by atoms with E-state index in [1.165, 1.54) is 29.0 Å². The molecule has 0 saturated carbocycles. The summed E-state index contributed by atoms with van der Waals surface area (Å²) in [6, 6.07) is 8.07. The Kier molecular flexibility index (Phi) is 8.96. The van der Waals surface area contributed by atoms with Gasteiger partial charge in [0.1, 0.15) is 22.8 Å². The minimum Gasteiger partial charge on any atom is -0.406 e. The number of allylic oxidation sites excluding steroid dienone is 1. The van der Waals surface area contributed by atoms with Crippen LogP contribution in [0.4, 0.5) is 22.0 Å². The molecule has 2 aliphatic rings. The number of carbonyl (C=O) groups is 2. The number of rotatable bonds is 9. The number of carbonyl (C=O) groups excluding carboxylic acids is 2. The number of hydrogen-bond acceptors (Lipinski definition) is 4. The van der Waals surface area contributed by atoms with Crippen molar-refractivity contribution in [1.82, 2.24) is 10.2 Å². The van der Waals surface area contributed by atoms with Gasteiger partial charge < -0.3 is 15.0 Å². The third-order valence-corrected chi connectivity index (χ3v) is 7.79. The maximum atomic E-state index is 13.8. The molecule has 0 radical (unpaired) electrons. The summed E-state index contributed by atoms with van der Waals surface area (Å²) < 4.78 is 69.9. The molecule has 2 amide bonds. The van der Waals surface area contributed by atoms with Crippen LogP contribution in [0.15, 0.2) is 54.1 Å². The molecule has 1 heterocycles. The highest BCUT2D eigenvalue weighted by atomic mass is 32.2. The Morgan fingerprint density at radius 1 is 1.11 bits per heavy atom. The summed E-state index contributed by atoms with van der Waals surface area (Å²) in [5.74, 6) is -2.87. The van der Waals surface area contributed by atoms with Gasteiger partial charge in [-0.2, -0.15) is 0 Å². The van der Waals surface area contributed by atoms with Crippen LogP contribution in [0.1, 0.15) is 55.0 Å². The monoisotopic (exact) mass is 554 g/mol. The van der Waals surface area contributed by atoms with Crippen molar-refractivity contribution >= 4 is 23.6 Å². The molecule has 38 heavy (non-hydrogen) atoms. The van der Waals surface area contributed by atoms with Crippen molar-refractivity contribution in [2.24, 2.45) is 0 Å². The van der Waals surface area contributed by atoms with Crippen LogP contribution in [0.25, 0.3) is 0 Å². The van der Waals surface area contributed by atoms with E-state index >= 15 is 0 Å². The van der Waals surface area contributed by atoms with Crippen molar-refractivity contribution in [1.29, 1.82) is 0 Å². The second-order valence-electron chi connectivity index (χ2n) is 9.25. The largest absolute Gasteiger partial charge is 0.573 e. The zero-order chi connectivity index (χ0) is 27.3. The predicted octanol–water partition coefficient (Wildman–Crippen LogP) is 6.40. The zero-order valence-electron chi connectivity index (χ0n) is 20.4. The number of thioether (sulfide) groups is 1. The molecule has 1 fully saturated rings. The van der Waals surface area contributed by atoms with Crippen LogP contribution in [0.2, 0.25) is 0 Å². The van der Waals surface area contributed by atoms with Crippen molar-refractivity contribution in [3.8, 4) is 5.75 Å². The number of ether oxygens (including phenoxy) is 1. The van der Waals surface area contributed by atoms with Gasteiger partial charge in [0.2, 0.25) is 11.8 Å². The van der Waals surface area contributed by atoms with E-state index in [1.54, 1.807) is 0 Å². The normalized spacial score (nSPS) is 19.9. The number of nitrogens with one attached hydrogen (secondary N) is 1. The second-order valence-corrected chi connectivity index (χ2v) is 10.5. The number of hydrogen-bond donors (Lipinski definition) is 1. The lowest BCUT2D eigenvalue weighted by Crippen LogP contribution is -2.34. The summed E-state index contributed by atoms with van der Waals surface area (Å²) in [5, 5.41) is 1.22. The Bertz CT molecular complexity index is 1180. The number of amides is 2. The standard InChI is InChI=1S/C27H27F5N2O3S/c28-20-11-18(12-21(29)14-20)16-34-25(36)23(15-24(35)33-10-9-17-5-2-1-3-6-17)38-26(34)19-7-4-8-22(13-19)37-27(30,31)32/h4-5,7-8,11-14,23,26H,1-3,6,9-10,15-16H2,(H,33,35). The quantitative estimate of drug-likeness (QED) is 0.288. The lowest BCUT2D eigenvalue weighted by Gasteiger charge is -2.25. The van der Waals surface area contributed by atoms with Crippen LogP contribution in [0, 0.1) is 11.6 Å². The second kappa shape index (κ2) is 12.2. The average molecular weight is 555 g/mol. The first-order chi connectivity index (χ1) is 18.1. The van der Waals surface area contributed by atoms with Gasteiger partial charge in [-0.25, -0.2) is 8.78 Å². The van der Waals surface area contributed by atoms with Gasteiger partial charge in [0.25, 0.3) is 0 Å². The summed E-state index contributed by atoms with van der Waals surface area (Å²) in [7, 11) is 0. The van der Waals surface area contributed by atoms with E-state index in [-0.39, 0.29) is 24.4 Å². The van der Waals surface area contributed by atoms with Gasteiger partial charge in [-0.1, -0.05) is 23.8 Å². The van der Waals surface area contributed by atoms with E-state index in [0.29, 0.717) is 18.2 Å². The number of benzene rings is 2. The van der Waals surface area contributed by atoms with Crippen LogP contribution in [-0.4, -0.2) is 34.9 Å². The predicted molar refractivity (Wildman–Crippen MR) is 133 cm³/mol. The van der Waals surface area contributed by atoms with Crippen LogP contribution in [0.5, 0.6) is 5.75 Å². The highest BCUT2D eigenvalue weighted by Gasteiger charge is 2.42. The molecule has 2 aromatic rings. The van der Waals surface area contributed by atoms with Crippen molar-refractivity contribution in [2.75, 3.05) is 6.54 Å². The molecule has 1 aliphatic carbocycles. The summed E-state index contributed by atoms with van der Waals surface area (Å²) in [6.07, 6.45) is 2.26. The topological polar surface area (TPSA) is 58.6 Å². The fourth-order valence-corrected chi connectivity index (χ4v) is 6.08. The molecule has 4 rings (SSSR count). The molecule has 0 spiro atoms.